The largest absolute Gasteiger partial charge is 0.286 e. The first-order chi connectivity index (χ1) is 8.13. The summed E-state index contributed by atoms with van der Waals surface area (Å²) in [7, 11) is 0. The Kier molecular flexibility index (Phi) is 2.45. The highest BCUT2D eigenvalue weighted by Crippen LogP contribution is 2.35. The number of amidine groups is 3. The highest BCUT2D eigenvalue weighted by molar-refractivity contribution is 6.09. The molecule has 0 fully saturated rings. The van der Waals surface area contributed by atoms with Crippen LogP contribution < -0.4 is 0 Å². The van der Waals surface area contributed by atoms with Crippen LogP contribution in [0.1, 0.15) is 33.1 Å². The molecule has 0 amide bonds. The van der Waals surface area contributed by atoms with E-state index in [9.17, 15) is 0 Å². The third-order valence-electron chi connectivity index (χ3n) is 3.99. The quantitative estimate of drug-likeness (QED) is 0.665. The number of hydrogen-bond donors (Lipinski definition) is 1. The highest BCUT2D eigenvalue weighted by Gasteiger charge is 2.36. The zero-order valence-electron chi connectivity index (χ0n) is 10.3. The Labute approximate surface area is 101 Å². The van der Waals surface area contributed by atoms with Crippen LogP contribution in [0, 0.1) is 29.1 Å². The van der Waals surface area contributed by atoms with Gasteiger partial charge in [0, 0.05) is 24.0 Å². The first kappa shape index (κ1) is 10.8. The minimum Gasteiger partial charge on any atom is -0.286 e. The van der Waals surface area contributed by atoms with Crippen molar-refractivity contribution < 1.29 is 0 Å². The molecule has 0 aromatic rings. The lowest BCUT2D eigenvalue weighted by Gasteiger charge is -2.34. The van der Waals surface area contributed by atoms with Crippen molar-refractivity contribution in [2.24, 2.45) is 38.6 Å². The van der Waals surface area contributed by atoms with Crippen molar-refractivity contribution in [3.8, 4) is 0 Å². The Morgan fingerprint density at radius 3 is 2.65 bits per heavy atom. The molecule has 3 rings (SSSR count). The third kappa shape index (κ3) is 1.85. The summed E-state index contributed by atoms with van der Waals surface area (Å²) in [6.45, 7) is 4.30. The van der Waals surface area contributed by atoms with E-state index < -0.39 is 0 Å². The zero-order chi connectivity index (χ0) is 12.0. The van der Waals surface area contributed by atoms with Crippen LogP contribution in [0.15, 0.2) is 15.0 Å². The van der Waals surface area contributed by atoms with E-state index in [1.54, 1.807) is 0 Å². The number of aliphatic imine (C=N–C) groups is 3. The van der Waals surface area contributed by atoms with Gasteiger partial charge >= 0.3 is 0 Å². The van der Waals surface area contributed by atoms with Crippen LogP contribution in [-0.4, -0.2) is 23.7 Å². The predicted molar refractivity (Wildman–Crippen MR) is 70.2 cm³/mol. The average Bonchev–Trinajstić information content (AvgIpc) is 2.28. The van der Waals surface area contributed by atoms with Gasteiger partial charge in [0.05, 0.1) is 0 Å². The Morgan fingerprint density at radius 1 is 1.06 bits per heavy atom. The van der Waals surface area contributed by atoms with Crippen molar-refractivity contribution in [3.05, 3.63) is 0 Å². The molecule has 4 unspecified atom stereocenters. The Balaban J connectivity index is 1.95. The number of rotatable bonds is 0. The molecule has 4 nitrogen and oxygen atoms in total. The van der Waals surface area contributed by atoms with Gasteiger partial charge in [-0.2, -0.15) is 0 Å². The molecule has 0 aromatic carbocycles. The van der Waals surface area contributed by atoms with Gasteiger partial charge in [-0.05, 0) is 25.2 Å². The number of nitrogens with one attached hydrogen (secondary N) is 1. The summed E-state index contributed by atoms with van der Waals surface area (Å²) in [6.07, 6.45) is 5.31. The Morgan fingerprint density at radius 2 is 1.82 bits per heavy atom. The minimum absolute atomic E-state index is 0.282. The van der Waals surface area contributed by atoms with Crippen LogP contribution in [0.2, 0.25) is 0 Å². The van der Waals surface area contributed by atoms with Crippen molar-refractivity contribution in [2.75, 3.05) is 0 Å². The van der Waals surface area contributed by atoms with Crippen molar-refractivity contribution in [3.63, 3.8) is 0 Å². The van der Waals surface area contributed by atoms with Gasteiger partial charge in [0.15, 0.2) is 0 Å². The third-order valence-corrected chi connectivity index (χ3v) is 3.99. The number of nitrogens with zero attached hydrogens (tertiary/aromatic N) is 3. The molecular weight excluding hydrogens is 212 g/mol. The molecular formula is C13H18N4. The van der Waals surface area contributed by atoms with E-state index in [0.717, 1.165) is 30.9 Å². The smallest absolute Gasteiger partial charge is 0.135 e. The fraction of sp³-hybridized carbons (Fsp3) is 0.692. The molecule has 90 valence electrons. The summed E-state index contributed by atoms with van der Waals surface area (Å²) in [5.41, 5.74) is 0. The molecule has 3 aliphatic rings. The number of hydrogen-bond acceptors (Lipinski definition) is 3. The second-order valence-corrected chi connectivity index (χ2v) is 5.58. The Hall–Kier alpha value is -1.32. The van der Waals surface area contributed by atoms with Gasteiger partial charge in [-0.15, -0.1) is 0 Å². The van der Waals surface area contributed by atoms with Gasteiger partial charge < -0.3 is 0 Å². The van der Waals surface area contributed by atoms with Gasteiger partial charge in [0.1, 0.15) is 17.5 Å². The normalized spacial score (nSPS) is 40.2. The molecule has 17 heavy (non-hydrogen) atoms. The molecule has 1 N–H and O–H groups in total. The van der Waals surface area contributed by atoms with E-state index >= 15 is 0 Å². The fourth-order valence-corrected chi connectivity index (χ4v) is 2.99. The second-order valence-electron chi connectivity index (χ2n) is 5.58. The molecule has 4 heteroatoms. The van der Waals surface area contributed by atoms with Crippen LogP contribution >= 0.6 is 0 Å². The lowest BCUT2D eigenvalue weighted by Crippen LogP contribution is -2.36. The summed E-state index contributed by atoms with van der Waals surface area (Å²) < 4.78 is 0. The second kappa shape index (κ2) is 3.86. The molecule has 0 radical (unpaired) electrons. The maximum absolute atomic E-state index is 7.79. The van der Waals surface area contributed by atoms with E-state index in [4.69, 9.17) is 5.41 Å². The van der Waals surface area contributed by atoms with E-state index in [1.165, 1.54) is 0 Å². The van der Waals surface area contributed by atoms with Crippen LogP contribution in [0.5, 0.6) is 0 Å². The summed E-state index contributed by atoms with van der Waals surface area (Å²) in [5, 5.41) is 7.79. The van der Waals surface area contributed by atoms with Gasteiger partial charge in [-0.3, -0.25) is 5.41 Å². The molecule has 0 aromatic heterocycles. The molecule has 0 saturated heterocycles. The van der Waals surface area contributed by atoms with Crippen molar-refractivity contribution in [1.82, 2.24) is 0 Å². The van der Waals surface area contributed by atoms with Gasteiger partial charge in [-0.1, -0.05) is 13.8 Å². The average molecular weight is 230 g/mol. The molecule has 0 bridgehead atoms. The SMILES string of the molecule is CC1C=NC2=NC3=NC(=N)C(C)CC3CC2C1. The maximum Gasteiger partial charge on any atom is 0.135 e. The van der Waals surface area contributed by atoms with Crippen molar-refractivity contribution in [2.45, 2.75) is 33.1 Å². The van der Waals surface area contributed by atoms with E-state index in [-0.39, 0.29) is 5.92 Å². The highest BCUT2D eigenvalue weighted by atomic mass is 15.0. The summed E-state index contributed by atoms with van der Waals surface area (Å²) in [6, 6.07) is 0. The van der Waals surface area contributed by atoms with Gasteiger partial charge in [0.25, 0.3) is 0 Å². The van der Waals surface area contributed by atoms with E-state index in [2.05, 4.69) is 28.8 Å². The van der Waals surface area contributed by atoms with E-state index in [1.807, 2.05) is 6.21 Å². The summed E-state index contributed by atoms with van der Waals surface area (Å²) in [4.78, 5) is 13.3. The lowest BCUT2D eigenvalue weighted by atomic mass is 9.78. The van der Waals surface area contributed by atoms with Crippen LogP contribution in [0.25, 0.3) is 0 Å². The summed E-state index contributed by atoms with van der Waals surface area (Å²) >= 11 is 0. The van der Waals surface area contributed by atoms with Crippen LogP contribution in [0.4, 0.5) is 0 Å². The standard InChI is InChI=1S/C13H18N4/c1-7-3-9-5-10-4-8(2)11(14)16-13(10)17-12(9)15-6-7/h6-10,14H,3-5H2,1-2H3. The number of fused-ring (bicyclic) bond motifs is 2. The molecule has 3 aliphatic heterocycles. The summed E-state index contributed by atoms with van der Waals surface area (Å²) in [5.74, 6) is 4.09. The monoisotopic (exact) mass is 230 g/mol. The first-order valence-electron chi connectivity index (χ1n) is 6.43. The van der Waals surface area contributed by atoms with Gasteiger partial charge in [0.2, 0.25) is 0 Å². The van der Waals surface area contributed by atoms with E-state index in [0.29, 0.717) is 23.6 Å². The first-order valence-corrected chi connectivity index (χ1v) is 6.43. The topological polar surface area (TPSA) is 60.9 Å². The molecule has 3 heterocycles. The molecule has 0 saturated carbocycles. The predicted octanol–water partition coefficient (Wildman–Crippen LogP) is 2.55. The minimum atomic E-state index is 0.282. The molecule has 4 atom stereocenters. The van der Waals surface area contributed by atoms with Crippen LogP contribution in [-0.2, 0) is 0 Å². The van der Waals surface area contributed by atoms with Crippen LogP contribution in [0.3, 0.4) is 0 Å². The molecule has 0 spiro atoms. The van der Waals surface area contributed by atoms with Crippen molar-refractivity contribution >= 4 is 23.7 Å². The van der Waals surface area contributed by atoms with Crippen molar-refractivity contribution in [1.29, 1.82) is 5.41 Å². The van der Waals surface area contributed by atoms with Gasteiger partial charge in [-0.25, -0.2) is 15.0 Å². The zero-order valence-corrected chi connectivity index (χ0v) is 10.3. The fourth-order valence-electron chi connectivity index (χ4n) is 2.99. The molecule has 0 aliphatic carbocycles. The Bertz CT molecular complexity index is 446. The maximum atomic E-state index is 7.79. The lowest BCUT2D eigenvalue weighted by molar-refractivity contribution is 0.408.